The summed E-state index contributed by atoms with van der Waals surface area (Å²) in [7, 11) is 2.03. The molecule has 102 valence electrons. The Bertz CT molecular complexity index is 522. The number of nitrogens with one attached hydrogen (secondary N) is 1. The summed E-state index contributed by atoms with van der Waals surface area (Å²) < 4.78 is 2.07. The van der Waals surface area contributed by atoms with Crippen LogP contribution >= 0.6 is 11.6 Å². The second-order valence-corrected chi connectivity index (χ2v) is 5.18. The Hall–Kier alpha value is -1.32. The number of benzene rings is 1. The fraction of sp³-hybridized carbons (Fsp3) is 0.400. The van der Waals surface area contributed by atoms with Crippen LogP contribution in [0.2, 0.25) is 5.02 Å². The van der Waals surface area contributed by atoms with Crippen LogP contribution in [-0.2, 0) is 19.9 Å². The highest BCUT2D eigenvalue weighted by atomic mass is 35.5. The van der Waals surface area contributed by atoms with Crippen molar-refractivity contribution in [1.82, 2.24) is 14.9 Å². The second kappa shape index (κ2) is 6.73. The first-order valence-electron chi connectivity index (χ1n) is 6.63. The van der Waals surface area contributed by atoms with Gasteiger partial charge in [-0.2, -0.15) is 0 Å². The van der Waals surface area contributed by atoms with E-state index in [4.69, 9.17) is 11.6 Å². The summed E-state index contributed by atoms with van der Waals surface area (Å²) in [6.45, 7) is 3.08. The zero-order valence-electron chi connectivity index (χ0n) is 11.4. The van der Waals surface area contributed by atoms with Crippen LogP contribution in [0.15, 0.2) is 36.7 Å². The third-order valence-electron chi connectivity index (χ3n) is 3.21. The molecule has 0 aliphatic heterocycles. The second-order valence-electron chi connectivity index (χ2n) is 4.75. The minimum absolute atomic E-state index is 0.379. The summed E-state index contributed by atoms with van der Waals surface area (Å²) in [6.07, 6.45) is 5.71. The molecule has 1 aromatic carbocycles. The number of aryl methyl sites for hydroxylation is 1. The smallest absolute Gasteiger partial charge is 0.109 e. The van der Waals surface area contributed by atoms with E-state index in [-0.39, 0.29) is 0 Å². The van der Waals surface area contributed by atoms with Crippen molar-refractivity contribution >= 4 is 11.6 Å². The molecule has 19 heavy (non-hydrogen) atoms. The van der Waals surface area contributed by atoms with Gasteiger partial charge in [-0.25, -0.2) is 4.98 Å². The fourth-order valence-corrected chi connectivity index (χ4v) is 2.48. The summed E-state index contributed by atoms with van der Waals surface area (Å²) in [5, 5.41) is 4.32. The molecule has 0 spiro atoms. The largest absolute Gasteiger partial charge is 0.338 e. The van der Waals surface area contributed by atoms with Gasteiger partial charge in [0.25, 0.3) is 0 Å². The molecular weight excluding hydrogens is 258 g/mol. The maximum atomic E-state index is 6.04. The monoisotopic (exact) mass is 277 g/mol. The Morgan fingerprint density at radius 1 is 1.37 bits per heavy atom. The van der Waals surface area contributed by atoms with E-state index in [1.54, 1.807) is 0 Å². The third kappa shape index (κ3) is 4.08. The molecular formula is C15H20ClN3. The molecule has 0 saturated heterocycles. The topological polar surface area (TPSA) is 29.9 Å². The maximum Gasteiger partial charge on any atom is 0.109 e. The highest BCUT2D eigenvalue weighted by molar-refractivity contribution is 6.30. The molecule has 0 aliphatic rings. The van der Waals surface area contributed by atoms with Crippen LogP contribution in [0.5, 0.6) is 0 Å². The summed E-state index contributed by atoms with van der Waals surface area (Å²) in [5.41, 5.74) is 1.26. The van der Waals surface area contributed by atoms with Crippen LogP contribution in [0.4, 0.5) is 0 Å². The zero-order chi connectivity index (χ0) is 13.7. The minimum Gasteiger partial charge on any atom is -0.338 e. The molecule has 0 aliphatic carbocycles. The van der Waals surface area contributed by atoms with Gasteiger partial charge in [0.15, 0.2) is 0 Å². The Labute approximate surface area is 119 Å². The highest BCUT2D eigenvalue weighted by Crippen LogP contribution is 2.13. The Morgan fingerprint density at radius 3 is 2.84 bits per heavy atom. The number of imidazole rings is 1. The average Bonchev–Trinajstić information content (AvgIpc) is 2.75. The van der Waals surface area contributed by atoms with Crippen LogP contribution in [0.3, 0.4) is 0 Å². The maximum absolute atomic E-state index is 6.04. The summed E-state index contributed by atoms with van der Waals surface area (Å²) in [6, 6.07) is 8.44. The molecule has 1 N–H and O–H groups in total. The molecule has 2 rings (SSSR count). The molecule has 0 radical (unpaired) electrons. The van der Waals surface area contributed by atoms with Crippen molar-refractivity contribution in [3.8, 4) is 0 Å². The summed E-state index contributed by atoms with van der Waals surface area (Å²) >= 11 is 6.04. The van der Waals surface area contributed by atoms with Crippen LogP contribution in [0.1, 0.15) is 18.3 Å². The first kappa shape index (κ1) is 14.1. The standard InChI is InChI=1S/C15H20ClN3/c1-3-17-14(11-15-18-7-8-19(15)2)10-12-5-4-6-13(16)9-12/h4-9,14,17H,3,10-11H2,1-2H3. The Morgan fingerprint density at radius 2 is 2.21 bits per heavy atom. The van der Waals surface area contributed by atoms with Gasteiger partial charge in [0.1, 0.15) is 5.82 Å². The van der Waals surface area contributed by atoms with Gasteiger partial charge in [-0.05, 0) is 30.7 Å². The van der Waals surface area contributed by atoms with E-state index in [1.165, 1.54) is 5.56 Å². The molecule has 0 saturated carbocycles. The minimum atomic E-state index is 0.379. The van der Waals surface area contributed by atoms with E-state index < -0.39 is 0 Å². The van der Waals surface area contributed by atoms with Crippen molar-refractivity contribution in [3.63, 3.8) is 0 Å². The van der Waals surface area contributed by atoms with Crippen LogP contribution < -0.4 is 5.32 Å². The molecule has 0 fully saturated rings. The van der Waals surface area contributed by atoms with Gasteiger partial charge in [0.05, 0.1) is 0 Å². The van der Waals surface area contributed by atoms with Gasteiger partial charge in [-0.15, -0.1) is 0 Å². The van der Waals surface area contributed by atoms with E-state index >= 15 is 0 Å². The lowest BCUT2D eigenvalue weighted by molar-refractivity contribution is 0.504. The number of nitrogens with zero attached hydrogens (tertiary/aromatic N) is 2. The van der Waals surface area contributed by atoms with Crippen molar-refractivity contribution < 1.29 is 0 Å². The third-order valence-corrected chi connectivity index (χ3v) is 3.45. The Kier molecular flexibility index (Phi) is 5.00. The zero-order valence-corrected chi connectivity index (χ0v) is 12.2. The van der Waals surface area contributed by atoms with E-state index in [0.717, 1.165) is 30.2 Å². The first-order valence-corrected chi connectivity index (χ1v) is 7.01. The molecule has 2 aromatic rings. The van der Waals surface area contributed by atoms with Gasteiger partial charge < -0.3 is 9.88 Å². The van der Waals surface area contributed by atoms with Crippen molar-refractivity contribution in [2.75, 3.05) is 6.54 Å². The van der Waals surface area contributed by atoms with E-state index in [9.17, 15) is 0 Å². The van der Waals surface area contributed by atoms with Crippen LogP contribution in [0, 0.1) is 0 Å². The van der Waals surface area contributed by atoms with E-state index in [1.807, 2.05) is 37.6 Å². The summed E-state index contributed by atoms with van der Waals surface area (Å²) in [5.74, 6) is 1.10. The highest BCUT2D eigenvalue weighted by Gasteiger charge is 2.12. The van der Waals surface area contributed by atoms with Gasteiger partial charge in [-0.3, -0.25) is 0 Å². The lowest BCUT2D eigenvalue weighted by atomic mass is 10.0. The first-order chi connectivity index (χ1) is 9.19. The molecule has 3 nitrogen and oxygen atoms in total. The number of hydrogen-bond donors (Lipinski definition) is 1. The predicted molar refractivity (Wildman–Crippen MR) is 79.5 cm³/mol. The van der Waals surface area contributed by atoms with Gasteiger partial charge in [0, 0.05) is 36.9 Å². The normalized spacial score (nSPS) is 12.6. The van der Waals surface area contributed by atoms with Crippen LogP contribution in [-0.4, -0.2) is 22.1 Å². The van der Waals surface area contributed by atoms with Crippen molar-refractivity contribution in [3.05, 3.63) is 53.1 Å². The summed E-state index contributed by atoms with van der Waals surface area (Å²) in [4.78, 5) is 4.39. The van der Waals surface area contributed by atoms with Crippen molar-refractivity contribution in [2.24, 2.45) is 7.05 Å². The van der Waals surface area contributed by atoms with Gasteiger partial charge in [-0.1, -0.05) is 30.7 Å². The van der Waals surface area contributed by atoms with Crippen LogP contribution in [0.25, 0.3) is 0 Å². The molecule has 1 atom stereocenters. The molecule has 4 heteroatoms. The van der Waals surface area contributed by atoms with Gasteiger partial charge in [0.2, 0.25) is 0 Å². The number of hydrogen-bond acceptors (Lipinski definition) is 2. The van der Waals surface area contributed by atoms with E-state index in [0.29, 0.717) is 6.04 Å². The fourth-order valence-electron chi connectivity index (χ4n) is 2.27. The molecule has 1 unspecified atom stereocenters. The SMILES string of the molecule is CCNC(Cc1cccc(Cl)c1)Cc1nccn1C. The quantitative estimate of drug-likeness (QED) is 0.880. The van der Waals surface area contributed by atoms with Gasteiger partial charge >= 0.3 is 0 Å². The molecule has 0 bridgehead atoms. The number of aromatic nitrogens is 2. The number of halogens is 1. The van der Waals surface area contributed by atoms with Crippen molar-refractivity contribution in [1.29, 1.82) is 0 Å². The molecule has 1 aromatic heterocycles. The molecule has 0 amide bonds. The van der Waals surface area contributed by atoms with Crippen molar-refractivity contribution in [2.45, 2.75) is 25.8 Å². The molecule has 1 heterocycles. The average molecular weight is 278 g/mol. The Balaban J connectivity index is 2.06. The number of rotatable bonds is 6. The number of likely N-dealkylation sites (N-methyl/N-ethyl adjacent to an activating group) is 1. The van der Waals surface area contributed by atoms with E-state index in [2.05, 4.69) is 27.9 Å². The lowest BCUT2D eigenvalue weighted by Crippen LogP contribution is -2.33. The lowest BCUT2D eigenvalue weighted by Gasteiger charge is -2.18. The predicted octanol–water partition coefficient (Wildman–Crippen LogP) is 2.84.